The van der Waals surface area contributed by atoms with Gasteiger partial charge in [-0.3, -0.25) is 0 Å². The molecule has 80 valence electrons. The van der Waals surface area contributed by atoms with Crippen LogP contribution in [0.4, 0.5) is 4.79 Å². The molecule has 2 rings (SSSR count). The maximum atomic E-state index is 10.5. The van der Waals surface area contributed by atoms with E-state index in [0.717, 1.165) is 5.56 Å². The first-order valence-electron chi connectivity index (χ1n) is 5.26. The van der Waals surface area contributed by atoms with E-state index in [0.29, 0.717) is 5.92 Å². The number of rotatable bonds is 3. The van der Waals surface area contributed by atoms with Gasteiger partial charge in [0.1, 0.15) is 0 Å². The standard InChI is InChI=1S/C12H15NO2/c1-8(13-12(14)15)10-3-2-4-11(7-10)9-5-6-9/h2-4,7-9,13H,5-6H2,1H3,(H,14,15)/t8-/m1/s1. The average Bonchev–Trinajstić information content (AvgIpc) is 3.00. The zero-order chi connectivity index (χ0) is 10.8. The first-order valence-corrected chi connectivity index (χ1v) is 5.26. The molecule has 1 amide bonds. The Labute approximate surface area is 89.1 Å². The van der Waals surface area contributed by atoms with Crippen molar-refractivity contribution >= 4 is 6.09 Å². The number of hydrogen-bond donors (Lipinski definition) is 2. The molecule has 0 spiro atoms. The van der Waals surface area contributed by atoms with Crippen LogP contribution >= 0.6 is 0 Å². The zero-order valence-electron chi connectivity index (χ0n) is 8.73. The van der Waals surface area contributed by atoms with E-state index in [1.807, 2.05) is 19.1 Å². The molecule has 1 fully saturated rings. The largest absolute Gasteiger partial charge is 0.465 e. The van der Waals surface area contributed by atoms with E-state index in [1.54, 1.807) is 0 Å². The van der Waals surface area contributed by atoms with Crippen molar-refractivity contribution in [3.8, 4) is 0 Å². The van der Waals surface area contributed by atoms with Crippen LogP contribution in [0.15, 0.2) is 24.3 Å². The number of hydrogen-bond acceptors (Lipinski definition) is 1. The first-order chi connectivity index (χ1) is 7.16. The lowest BCUT2D eigenvalue weighted by Gasteiger charge is -2.12. The molecule has 0 aliphatic heterocycles. The molecule has 0 aromatic heterocycles. The predicted molar refractivity (Wildman–Crippen MR) is 58.0 cm³/mol. The van der Waals surface area contributed by atoms with Crippen LogP contribution in [0.2, 0.25) is 0 Å². The van der Waals surface area contributed by atoms with Gasteiger partial charge in [0.2, 0.25) is 0 Å². The van der Waals surface area contributed by atoms with Crippen LogP contribution < -0.4 is 5.32 Å². The van der Waals surface area contributed by atoms with E-state index in [4.69, 9.17) is 5.11 Å². The minimum Gasteiger partial charge on any atom is -0.465 e. The van der Waals surface area contributed by atoms with E-state index >= 15 is 0 Å². The smallest absolute Gasteiger partial charge is 0.405 e. The highest BCUT2D eigenvalue weighted by molar-refractivity contribution is 5.65. The quantitative estimate of drug-likeness (QED) is 0.797. The predicted octanol–water partition coefficient (Wildman–Crippen LogP) is 2.89. The summed E-state index contributed by atoms with van der Waals surface area (Å²) >= 11 is 0. The fourth-order valence-electron chi connectivity index (χ4n) is 1.77. The summed E-state index contributed by atoms with van der Waals surface area (Å²) in [6.45, 7) is 1.86. The van der Waals surface area contributed by atoms with E-state index < -0.39 is 6.09 Å². The van der Waals surface area contributed by atoms with Crippen LogP contribution in [-0.4, -0.2) is 11.2 Å². The Hall–Kier alpha value is -1.51. The van der Waals surface area contributed by atoms with E-state index in [-0.39, 0.29) is 6.04 Å². The van der Waals surface area contributed by atoms with E-state index in [2.05, 4.69) is 17.4 Å². The fourth-order valence-corrected chi connectivity index (χ4v) is 1.77. The molecular weight excluding hydrogens is 190 g/mol. The fraction of sp³-hybridized carbons (Fsp3) is 0.417. The number of carboxylic acid groups (broad SMARTS) is 1. The second kappa shape index (κ2) is 3.93. The first kappa shape index (κ1) is 10.0. The average molecular weight is 205 g/mol. The van der Waals surface area contributed by atoms with Crippen molar-refractivity contribution in [1.82, 2.24) is 5.32 Å². The molecule has 1 aliphatic carbocycles. The lowest BCUT2D eigenvalue weighted by atomic mass is 10.0. The zero-order valence-corrected chi connectivity index (χ0v) is 8.73. The Kier molecular flexibility index (Phi) is 2.62. The normalized spacial score (nSPS) is 17.1. The lowest BCUT2D eigenvalue weighted by molar-refractivity contribution is 0.191. The summed E-state index contributed by atoms with van der Waals surface area (Å²) in [6.07, 6.45) is 1.56. The van der Waals surface area contributed by atoms with Gasteiger partial charge in [0, 0.05) is 0 Å². The van der Waals surface area contributed by atoms with Crippen molar-refractivity contribution in [3.05, 3.63) is 35.4 Å². The Morgan fingerprint density at radius 2 is 2.27 bits per heavy atom. The van der Waals surface area contributed by atoms with Gasteiger partial charge in [0.15, 0.2) is 0 Å². The summed E-state index contributed by atoms with van der Waals surface area (Å²) in [5.41, 5.74) is 2.38. The minimum absolute atomic E-state index is 0.138. The summed E-state index contributed by atoms with van der Waals surface area (Å²) in [7, 11) is 0. The van der Waals surface area contributed by atoms with Crippen LogP contribution in [0, 0.1) is 0 Å². The van der Waals surface area contributed by atoms with Gasteiger partial charge in [-0.15, -0.1) is 0 Å². The molecule has 1 atom stereocenters. The van der Waals surface area contributed by atoms with Crippen molar-refractivity contribution in [2.24, 2.45) is 0 Å². The molecule has 0 radical (unpaired) electrons. The topological polar surface area (TPSA) is 49.3 Å². The number of carbonyl (C=O) groups is 1. The van der Waals surface area contributed by atoms with Crippen LogP contribution in [0.25, 0.3) is 0 Å². The van der Waals surface area contributed by atoms with E-state index in [9.17, 15) is 4.79 Å². The van der Waals surface area contributed by atoms with Crippen molar-refractivity contribution in [3.63, 3.8) is 0 Å². The van der Waals surface area contributed by atoms with Gasteiger partial charge >= 0.3 is 6.09 Å². The van der Waals surface area contributed by atoms with Crippen molar-refractivity contribution in [2.75, 3.05) is 0 Å². The Morgan fingerprint density at radius 1 is 1.53 bits per heavy atom. The summed E-state index contributed by atoms with van der Waals surface area (Å²) in [4.78, 5) is 10.5. The van der Waals surface area contributed by atoms with Crippen molar-refractivity contribution < 1.29 is 9.90 Å². The molecule has 1 aromatic rings. The highest BCUT2D eigenvalue weighted by Gasteiger charge is 2.23. The Morgan fingerprint density at radius 3 is 2.87 bits per heavy atom. The monoisotopic (exact) mass is 205 g/mol. The van der Waals surface area contributed by atoms with Crippen molar-refractivity contribution in [2.45, 2.75) is 31.7 Å². The summed E-state index contributed by atoms with van der Waals surface area (Å²) in [5, 5.41) is 11.1. The van der Waals surface area contributed by atoms with Crippen LogP contribution in [0.3, 0.4) is 0 Å². The molecule has 3 heteroatoms. The molecule has 3 nitrogen and oxygen atoms in total. The molecule has 1 aromatic carbocycles. The summed E-state index contributed by atoms with van der Waals surface area (Å²) < 4.78 is 0. The second-order valence-corrected chi connectivity index (χ2v) is 4.12. The SMILES string of the molecule is C[C@@H](NC(=O)O)c1cccc(C2CC2)c1. The third-order valence-electron chi connectivity index (χ3n) is 2.80. The maximum absolute atomic E-state index is 10.5. The van der Waals surface area contributed by atoms with Crippen LogP contribution in [0.1, 0.15) is 42.9 Å². The van der Waals surface area contributed by atoms with Gasteiger partial charge < -0.3 is 10.4 Å². The van der Waals surface area contributed by atoms with Gasteiger partial charge in [-0.25, -0.2) is 4.79 Å². The van der Waals surface area contributed by atoms with Crippen molar-refractivity contribution in [1.29, 1.82) is 0 Å². The molecule has 0 unspecified atom stereocenters. The molecule has 1 saturated carbocycles. The molecule has 0 bridgehead atoms. The van der Waals surface area contributed by atoms with Crippen LogP contribution in [0.5, 0.6) is 0 Å². The number of amides is 1. The molecule has 1 aliphatic rings. The Bertz CT molecular complexity index is 372. The molecule has 0 heterocycles. The van der Waals surface area contributed by atoms with Gasteiger partial charge in [-0.05, 0) is 36.8 Å². The van der Waals surface area contributed by atoms with Gasteiger partial charge in [0.05, 0.1) is 6.04 Å². The number of benzene rings is 1. The van der Waals surface area contributed by atoms with Crippen LogP contribution in [-0.2, 0) is 0 Å². The third-order valence-corrected chi connectivity index (χ3v) is 2.80. The molecule has 2 N–H and O–H groups in total. The molecule has 15 heavy (non-hydrogen) atoms. The summed E-state index contributed by atoms with van der Waals surface area (Å²) in [6, 6.07) is 8.06. The van der Waals surface area contributed by atoms with Gasteiger partial charge in [0.25, 0.3) is 0 Å². The lowest BCUT2D eigenvalue weighted by Crippen LogP contribution is -2.24. The van der Waals surface area contributed by atoms with Gasteiger partial charge in [-0.1, -0.05) is 24.3 Å². The molecular formula is C12H15NO2. The summed E-state index contributed by atoms with van der Waals surface area (Å²) in [5.74, 6) is 0.710. The van der Waals surface area contributed by atoms with Gasteiger partial charge in [-0.2, -0.15) is 0 Å². The third kappa shape index (κ3) is 2.49. The second-order valence-electron chi connectivity index (χ2n) is 4.12. The highest BCUT2D eigenvalue weighted by atomic mass is 16.4. The van der Waals surface area contributed by atoms with E-state index in [1.165, 1.54) is 18.4 Å². The molecule has 0 saturated heterocycles. The minimum atomic E-state index is -0.973. The maximum Gasteiger partial charge on any atom is 0.405 e. The number of nitrogens with one attached hydrogen (secondary N) is 1. The Balaban J connectivity index is 2.12. The highest BCUT2D eigenvalue weighted by Crippen LogP contribution is 2.40.